The van der Waals surface area contributed by atoms with Crippen molar-refractivity contribution < 1.29 is 17.9 Å². The van der Waals surface area contributed by atoms with Gasteiger partial charge in [-0.1, -0.05) is 17.6 Å². The van der Waals surface area contributed by atoms with Crippen molar-refractivity contribution in [3.8, 4) is 10.6 Å². The molecule has 0 unspecified atom stereocenters. The number of nitrogens with one attached hydrogen (secondary N) is 1. The van der Waals surface area contributed by atoms with Gasteiger partial charge in [0.25, 0.3) is 5.69 Å². The fourth-order valence-corrected chi connectivity index (χ4v) is 6.14. The Morgan fingerprint density at radius 2 is 2.03 bits per heavy atom. The van der Waals surface area contributed by atoms with E-state index >= 15 is 0 Å². The van der Waals surface area contributed by atoms with E-state index in [2.05, 4.69) is 14.8 Å². The lowest BCUT2D eigenvalue weighted by Gasteiger charge is -2.28. The summed E-state index contributed by atoms with van der Waals surface area (Å²) in [5.41, 5.74) is 2.34. The zero-order valence-electron chi connectivity index (χ0n) is 17.4. The molecule has 0 aliphatic carbocycles. The summed E-state index contributed by atoms with van der Waals surface area (Å²) in [7, 11) is -3.54. The molecule has 32 heavy (non-hydrogen) atoms. The molecule has 1 N–H and O–H groups in total. The van der Waals surface area contributed by atoms with Gasteiger partial charge in [0, 0.05) is 37.8 Å². The van der Waals surface area contributed by atoms with Crippen LogP contribution in [0.3, 0.4) is 0 Å². The van der Waals surface area contributed by atoms with Gasteiger partial charge in [-0.3, -0.25) is 15.0 Å². The highest BCUT2D eigenvalue weighted by Crippen LogP contribution is 2.30. The molecule has 1 aliphatic rings. The first-order valence-electron chi connectivity index (χ1n) is 10.4. The number of nitrogens with zero attached hydrogens (tertiary/aromatic N) is 3. The van der Waals surface area contributed by atoms with E-state index in [1.54, 1.807) is 30.3 Å². The maximum absolute atomic E-state index is 12.5. The van der Waals surface area contributed by atoms with Crippen LogP contribution >= 0.6 is 11.3 Å². The quantitative estimate of drug-likeness (QED) is 0.268. The highest BCUT2D eigenvalue weighted by molar-refractivity contribution is 7.91. The second-order valence-electron chi connectivity index (χ2n) is 7.69. The third-order valence-electron chi connectivity index (χ3n) is 5.46. The van der Waals surface area contributed by atoms with Crippen LogP contribution in [0.25, 0.3) is 10.6 Å². The van der Waals surface area contributed by atoms with Crippen LogP contribution in [0.2, 0.25) is 0 Å². The van der Waals surface area contributed by atoms with E-state index in [0.29, 0.717) is 12.3 Å². The number of nitro benzene ring substituents is 1. The predicted octanol–water partition coefficient (Wildman–Crippen LogP) is 3.82. The van der Waals surface area contributed by atoms with Crippen molar-refractivity contribution in [3.63, 3.8) is 0 Å². The number of hydrogen-bond donors (Lipinski definition) is 1. The Bertz CT molecular complexity index is 1170. The van der Waals surface area contributed by atoms with Gasteiger partial charge in [0.2, 0.25) is 10.0 Å². The normalized spacial score (nSPS) is 14.4. The van der Waals surface area contributed by atoms with Crippen LogP contribution in [0.5, 0.6) is 0 Å². The zero-order chi connectivity index (χ0) is 22.6. The lowest BCUT2D eigenvalue weighted by atomic mass is 9.99. The Morgan fingerprint density at radius 3 is 2.81 bits per heavy atom. The monoisotopic (exact) mass is 476 g/mol. The number of thiophene rings is 1. The molecule has 0 amide bonds. The smallest absolute Gasteiger partial charge is 0.269 e. The first kappa shape index (κ1) is 22.6. The minimum Gasteiger partial charge on any atom is -0.355 e. The number of non-ortho nitro benzene ring substituents is 1. The molecule has 0 radical (unpaired) electrons. The number of fused-ring (bicyclic) bond motifs is 1. The van der Waals surface area contributed by atoms with Crippen molar-refractivity contribution in [2.75, 3.05) is 19.6 Å². The van der Waals surface area contributed by atoms with Crippen LogP contribution in [-0.2, 0) is 23.0 Å². The Labute approximate surface area is 190 Å². The second kappa shape index (κ2) is 9.90. The second-order valence-corrected chi connectivity index (χ2v) is 10.8. The first-order valence-corrected chi connectivity index (χ1v) is 12.7. The van der Waals surface area contributed by atoms with Crippen molar-refractivity contribution in [3.05, 3.63) is 63.8 Å². The van der Waals surface area contributed by atoms with Gasteiger partial charge in [-0.05, 0) is 49.1 Å². The first-order chi connectivity index (χ1) is 15.4. The number of aromatic nitrogens is 1. The zero-order valence-corrected chi connectivity index (χ0v) is 19.0. The molecule has 2 aromatic heterocycles. The molecular weight excluding hydrogens is 452 g/mol. The molecule has 0 saturated heterocycles. The van der Waals surface area contributed by atoms with Crippen molar-refractivity contribution in [1.29, 1.82) is 0 Å². The third kappa shape index (κ3) is 5.41. The summed E-state index contributed by atoms with van der Waals surface area (Å²) in [6.07, 6.45) is 5.00. The summed E-state index contributed by atoms with van der Waals surface area (Å²) in [4.78, 5) is 13.7. The van der Waals surface area contributed by atoms with Crippen molar-refractivity contribution in [1.82, 2.24) is 14.8 Å². The summed E-state index contributed by atoms with van der Waals surface area (Å²) >= 11 is 1.15. The Hall–Kier alpha value is -2.60. The van der Waals surface area contributed by atoms with E-state index in [0.717, 1.165) is 67.1 Å². The van der Waals surface area contributed by atoms with Gasteiger partial charge in [-0.2, -0.15) is 0 Å². The minimum absolute atomic E-state index is 0.136. The number of nitro groups is 1. The number of unbranched alkanes of at least 4 members (excludes halogenated alkanes) is 2. The molecule has 11 heteroatoms. The number of sulfonamides is 1. The van der Waals surface area contributed by atoms with Gasteiger partial charge in [-0.25, -0.2) is 13.1 Å². The average Bonchev–Trinajstić information content (AvgIpc) is 3.47. The molecule has 0 bridgehead atoms. The van der Waals surface area contributed by atoms with Crippen LogP contribution in [-0.4, -0.2) is 43.0 Å². The summed E-state index contributed by atoms with van der Waals surface area (Å²) in [5.74, 6) is 0.548. The fraction of sp³-hybridized carbons (Fsp3) is 0.381. The highest BCUT2D eigenvalue weighted by atomic mass is 32.2. The lowest BCUT2D eigenvalue weighted by Crippen LogP contribution is -2.31. The van der Waals surface area contributed by atoms with E-state index in [1.165, 1.54) is 11.8 Å². The topological polar surface area (TPSA) is 119 Å². The van der Waals surface area contributed by atoms with Gasteiger partial charge in [0.05, 0.1) is 16.0 Å². The molecule has 0 saturated carbocycles. The Kier molecular flexibility index (Phi) is 6.99. The van der Waals surface area contributed by atoms with Gasteiger partial charge in [0.15, 0.2) is 5.76 Å². The molecule has 1 aliphatic heterocycles. The number of rotatable bonds is 10. The molecule has 0 fully saturated rings. The van der Waals surface area contributed by atoms with Gasteiger partial charge >= 0.3 is 0 Å². The molecule has 4 rings (SSSR count). The molecule has 0 spiro atoms. The largest absolute Gasteiger partial charge is 0.355 e. The fourth-order valence-electron chi connectivity index (χ4n) is 3.76. The van der Waals surface area contributed by atoms with Gasteiger partial charge in [-0.15, -0.1) is 11.3 Å². The van der Waals surface area contributed by atoms with Crippen molar-refractivity contribution in [2.24, 2.45) is 0 Å². The standard InChI is InChI=1S/C21H24N4O5S2/c26-25(27)18-5-4-16-9-13-24(15-17(16)14-18)12-3-1-2-10-23-32(28,29)21-7-6-20(31-21)19-8-11-22-30-19/h4-8,11,14,23H,1-3,9-10,12-13,15H2. The summed E-state index contributed by atoms with van der Waals surface area (Å²) in [6, 6.07) is 10.1. The molecular formula is C21H24N4O5S2. The van der Waals surface area contributed by atoms with Gasteiger partial charge in [0.1, 0.15) is 4.21 Å². The van der Waals surface area contributed by atoms with Crippen LogP contribution in [0.4, 0.5) is 5.69 Å². The Balaban J connectivity index is 1.18. The lowest BCUT2D eigenvalue weighted by molar-refractivity contribution is -0.385. The summed E-state index contributed by atoms with van der Waals surface area (Å²) in [5, 5.41) is 14.6. The van der Waals surface area contributed by atoms with Crippen molar-refractivity contribution in [2.45, 2.75) is 36.4 Å². The molecule has 170 valence electrons. The highest BCUT2D eigenvalue weighted by Gasteiger charge is 2.20. The SMILES string of the molecule is O=[N+]([O-])c1ccc2c(c1)CN(CCCCCNS(=O)(=O)c1ccc(-c3ccno3)s1)CC2. The summed E-state index contributed by atoms with van der Waals surface area (Å²) in [6.45, 7) is 2.92. The molecule has 1 aromatic carbocycles. The predicted molar refractivity (Wildman–Crippen MR) is 121 cm³/mol. The molecule has 0 atom stereocenters. The summed E-state index contributed by atoms with van der Waals surface area (Å²) < 4.78 is 33.0. The van der Waals surface area contributed by atoms with E-state index < -0.39 is 10.0 Å². The van der Waals surface area contributed by atoms with Crippen LogP contribution in [0.1, 0.15) is 30.4 Å². The average molecular weight is 477 g/mol. The van der Waals surface area contributed by atoms with E-state index in [9.17, 15) is 18.5 Å². The molecule has 9 nitrogen and oxygen atoms in total. The Morgan fingerprint density at radius 1 is 1.16 bits per heavy atom. The molecule has 3 heterocycles. The van der Waals surface area contributed by atoms with Gasteiger partial charge < -0.3 is 4.52 Å². The maximum atomic E-state index is 12.5. The van der Waals surface area contributed by atoms with Crippen LogP contribution in [0, 0.1) is 10.1 Å². The van der Waals surface area contributed by atoms with E-state index in [-0.39, 0.29) is 14.8 Å². The third-order valence-corrected chi connectivity index (χ3v) is 8.51. The minimum atomic E-state index is -3.54. The number of hydrogen-bond acceptors (Lipinski definition) is 8. The van der Waals surface area contributed by atoms with Crippen LogP contribution < -0.4 is 4.72 Å². The molecule has 3 aromatic rings. The number of benzene rings is 1. The maximum Gasteiger partial charge on any atom is 0.269 e. The van der Waals surface area contributed by atoms with Crippen molar-refractivity contribution >= 4 is 27.0 Å². The van der Waals surface area contributed by atoms with Crippen LogP contribution in [0.15, 0.2) is 51.3 Å². The van der Waals surface area contributed by atoms with E-state index in [4.69, 9.17) is 4.52 Å². The van der Waals surface area contributed by atoms with E-state index in [1.807, 2.05) is 6.07 Å².